The van der Waals surface area contributed by atoms with Crippen LogP contribution in [0, 0.1) is 5.92 Å². The Labute approximate surface area is 97.4 Å². The third kappa shape index (κ3) is 2.74. The van der Waals surface area contributed by atoms with Crippen LogP contribution in [0.3, 0.4) is 0 Å². The molecule has 0 bridgehead atoms. The first-order valence-electron chi connectivity index (χ1n) is 6.04. The second-order valence-electron chi connectivity index (χ2n) is 4.74. The van der Waals surface area contributed by atoms with Crippen LogP contribution in [0.15, 0.2) is 0 Å². The molecule has 94 valence electrons. The van der Waals surface area contributed by atoms with Crippen LogP contribution < -0.4 is 5.32 Å². The zero-order valence-electron chi connectivity index (χ0n) is 10.5. The summed E-state index contributed by atoms with van der Waals surface area (Å²) in [6.07, 6.45) is 3.68. The molecule has 3 unspecified atom stereocenters. The van der Waals surface area contributed by atoms with Crippen LogP contribution in [-0.4, -0.2) is 36.4 Å². The molecule has 0 heterocycles. The minimum atomic E-state index is -0.747. The number of hydrogen-bond acceptors (Lipinski definition) is 3. The van der Waals surface area contributed by atoms with E-state index in [-0.39, 0.29) is 24.5 Å². The van der Waals surface area contributed by atoms with Gasteiger partial charge in [-0.25, -0.2) is 0 Å². The highest BCUT2D eigenvalue weighted by atomic mass is 16.5. The zero-order chi connectivity index (χ0) is 12.2. The highest BCUT2D eigenvalue weighted by Gasteiger charge is 2.35. The molecule has 1 aliphatic carbocycles. The highest BCUT2D eigenvalue weighted by molar-refractivity contribution is 5.85. The molecule has 4 nitrogen and oxygen atoms in total. The average Bonchev–Trinajstić information content (AvgIpc) is 2.75. The van der Waals surface area contributed by atoms with E-state index < -0.39 is 5.60 Å². The van der Waals surface area contributed by atoms with Crippen LogP contribution in [0.5, 0.6) is 0 Å². The van der Waals surface area contributed by atoms with E-state index in [1.807, 2.05) is 6.92 Å². The quantitative estimate of drug-likeness (QED) is 0.741. The van der Waals surface area contributed by atoms with Gasteiger partial charge in [0.1, 0.15) is 5.60 Å². The summed E-state index contributed by atoms with van der Waals surface area (Å²) in [7, 11) is 1.56. The van der Waals surface area contributed by atoms with Gasteiger partial charge in [-0.05, 0) is 26.2 Å². The highest BCUT2D eigenvalue weighted by Crippen LogP contribution is 2.26. The first-order valence-corrected chi connectivity index (χ1v) is 6.04. The molecular formula is C12H23NO3. The van der Waals surface area contributed by atoms with Gasteiger partial charge in [0.2, 0.25) is 0 Å². The van der Waals surface area contributed by atoms with Gasteiger partial charge in [0, 0.05) is 25.7 Å². The van der Waals surface area contributed by atoms with Crippen LogP contribution in [0.4, 0.5) is 0 Å². The molecule has 1 saturated carbocycles. The average molecular weight is 229 g/mol. The summed E-state index contributed by atoms with van der Waals surface area (Å²) in [5.41, 5.74) is -0.747. The molecular weight excluding hydrogens is 206 g/mol. The molecule has 1 rings (SSSR count). The van der Waals surface area contributed by atoms with E-state index in [2.05, 4.69) is 5.32 Å². The van der Waals surface area contributed by atoms with Gasteiger partial charge in [-0.1, -0.05) is 13.3 Å². The van der Waals surface area contributed by atoms with Crippen LogP contribution in [0.25, 0.3) is 0 Å². The molecule has 1 fully saturated rings. The van der Waals surface area contributed by atoms with E-state index in [0.29, 0.717) is 6.42 Å². The number of nitrogens with one attached hydrogen (secondary N) is 1. The molecule has 0 aromatic rings. The molecule has 2 N–H and O–H groups in total. The van der Waals surface area contributed by atoms with Crippen LogP contribution in [0.2, 0.25) is 0 Å². The fraction of sp³-hybridized carbons (Fsp3) is 0.917. The number of aliphatic hydroxyl groups excluding tert-OH is 1. The number of hydrogen-bond donors (Lipinski definition) is 2. The standard InChI is InChI=1S/C12H23NO3/c1-4-12(2,16-3)11(15)13-10-7-5-6-9(10)8-14/h9-10,14H,4-8H2,1-3H3,(H,13,15). The van der Waals surface area contributed by atoms with E-state index in [9.17, 15) is 9.90 Å². The summed E-state index contributed by atoms with van der Waals surface area (Å²) in [5.74, 6) is 0.143. The van der Waals surface area contributed by atoms with E-state index in [4.69, 9.17) is 4.74 Å². The van der Waals surface area contributed by atoms with Crippen molar-refractivity contribution in [3.05, 3.63) is 0 Å². The molecule has 16 heavy (non-hydrogen) atoms. The summed E-state index contributed by atoms with van der Waals surface area (Å²) < 4.78 is 5.25. The molecule has 0 aromatic carbocycles. The topological polar surface area (TPSA) is 58.6 Å². The summed E-state index contributed by atoms with van der Waals surface area (Å²) >= 11 is 0. The third-order valence-corrected chi connectivity index (χ3v) is 3.82. The van der Waals surface area contributed by atoms with Gasteiger partial charge in [-0.15, -0.1) is 0 Å². The van der Waals surface area contributed by atoms with Crippen LogP contribution >= 0.6 is 0 Å². The van der Waals surface area contributed by atoms with Crippen LogP contribution in [-0.2, 0) is 9.53 Å². The van der Waals surface area contributed by atoms with Crippen molar-refractivity contribution in [3.8, 4) is 0 Å². The molecule has 3 atom stereocenters. The fourth-order valence-corrected chi connectivity index (χ4v) is 2.16. The van der Waals surface area contributed by atoms with Crippen molar-refractivity contribution < 1.29 is 14.6 Å². The normalized spacial score (nSPS) is 28.8. The fourth-order valence-electron chi connectivity index (χ4n) is 2.16. The molecule has 0 aliphatic heterocycles. The summed E-state index contributed by atoms with van der Waals surface area (Å²) in [4.78, 5) is 12.0. The lowest BCUT2D eigenvalue weighted by Crippen LogP contribution is -2.50. The molecule has 4 heteroatoms. The predicted molar refractivity (Wildman–Crippen MR) is 62.1 cm³/mol. The number of rotatable bonds is 5. The van der Waals surface area contributed by atoms with Gasteiger partial charge in [0.25, 0.3) is 5.91 Å². The molecule has 1 aliphatic rings. The maximum atomic E-state index is 12.0. The summed E-state index contributed by atoms with van der Waals surface area (Å²) in [5, 5.41) is 12.2. The van der Waals surface area contributed by atoms with Gasteiger partial charge < -0.3 is 15.2 Å². The van der Waals surface area contributed by atoms with Crippen molar-refractivity contribution in [2.24, 2.45) is 5.92 Å². The number of carbonyl (C=O) groups excluding carboxylic acids is 1. The number of ether oxygens (including phenoxy) is 1. The Bertz CT molecular complexity index is 238. The van der Waals surface area contributed by atoms with Gasteiger partial charge in [-0.2, -0.15) is 0 Å². The van der Waals surface area contributed by atoms with Crippen molar-refractivity contribution in [1.29, 1.82) is 0 Å². The van der Waals surface area contributed by atoms with Crippen molar-refractivity contribution in [1.82, 2.24) is 5.32 Å². The monoisotopic (exact) mass is 229 g/mol. The molecule has 0 spiro atoms. The number of methoxy groups -OCH3 is 1. The van der Waals surface area contributed by atoms with Crippen molar-refractivity contribution in [3.63, 3.8) is 0 Å². The second-order valence-corrected chi connectivity index (χ2v) is 4.74. The number of aliphatic hydroxyl groups is 1. The van der Waals surface area contributed by atoms with Gasteiger partial charge in [0.05, 0.1) is 0 Å². The van der Waals surface area contributed by atoms with Gasteiger partial charge >= 0.3 is 0 Å². The Morgan fingerprint density at radius 2 is 2.25 bits per heavy atom. The first-order chi connectivity index (χ1) is 7.57. The van der Waals surface area contributed by atoms with Crippen LogP contribution in [0.1, 0.15) is 39.5 Å². The third-order valence-electron chi connectivity index (χ3n) is 3.82. The number of amides is 1. The van der Waals surface area contributed by atoms with E-state index in [0.717, 1.165) is 19.3 Å². The summed E-state index contributed by atoms with van der Waals surface area (Å²) in [6.45, 7) is 3.88. The lowest BCUT2D eigenvalue weighted by atomic mass is 9.99. The molecule has 0 saturated heterocycles. The maximum Gasteiger partial charge on any atom is 0.252 e. The lowest BCUT2D eigenvalue weighted by molar-refractivity contribution is -0.142. The molecule has 0 aromatic heterocycles. The summed E-state index contributed by atoms with van der Waals surface area (Å²) in [6, 6.07) is 0.110. The van der Waals surface area contributed by atoms with E-state index in [1.165, 1.54) is 0 Å². The Hall–Kier alpha value is -0.610. The molecule has 1 amide bonds. The Kier molecular flexibility index (Phi) is 4.74. The smallest absolute Gasteiger partial charge is 0.252 e. The zero-order valence-corrected chi connectivity index (χ0v) is 10.5. The van der Waals surface area contributed by atoms with E-state index >= 15 is 0 Å². The Balaban J connectivity index is 2.56. The van der Waals surface area contributed by atoms with Crippen molar-refractivity contribution >= 4 is 5.91 Å². The number of carbonyl (C=O) groups is 1. The van der Waals surface area contributed by atoms with Gasteiger partial charge in [-0.3, -0.25) is 4.79 Å². The first kappa shape index (κ1) is 13.5. The maximum absolute atomic E-state index is 12.0. The van der Waals surface area contributed by atoms with Crippen molar-refractivity contribution in [2.75, 3.05) is 13.7 Å². The van der Waals surface area contributed by atoms with Crippen molar-refractivity contribution in [2.45, 2.75) is 51.2 Å². The van der Waals surface area contributed by atoms with E-state index in [1.54, 1.807) is 14.0 Å². The SMILES string of the molecule is CCC(C)(OC)C(=O)NC1CCCC1CO. The Morgan fingerprint density at radius 3 is 2.75 bits per heavy atom. The Morgan fingerprint density at radius 1 is 1.56 bits per heavy atom. The lowest BCUT2D eigenvalue weighted by Gasteiger charge is -2.28. The predicted octanol–water partition coefficient (Wildman–Crippen LogP) is 1.08. The second kappa shape index (κ2) is 5.64. The minimum Gasteiger partial charge on any atom is -0.396 e. The van der Waals surface area contributed by atoms with Gasteiger partial charge in [0.15, 0.2) is 0 Å². The molecule has 0 radical (unpaired) electrons. The largest absolute Gasteiger partial charge is 0.396 e. The minimum absolute atomic E-state index is 0.0668.